The Labute approximate surface area is 323 Å². The molecule has 0 aliphatic carbocycles. The van der Waals surface area contributed by atoms with Crippen molar-refractivity contribution in [3.8, 4) is 0 Å². The van der Waals surface area contributed by atoms with Crippen molar-refractivity contribution >= 4 is 136 Å². The third-order valence-corrected chi connectivity index (χ3v) is 13.6. The van der Waals surface area contributed by atoms with Crippen molar-refractivity contribution in [2.24, 2.45) is 4.99 Å². The number of thiophene rings is 2. The standard InChI is InChI=1S/C50H29N3S2/c51-48(38-20-11-23-43-44(38)36-18-7-9-21-41(36)54-43)50-49(37-19-8-10-22-42(37)55-50)52-28-53-39-26-24-29-12-1-2-13-30(29)46(39)47-40(53)27-25-35-33-16-4-3-14-31(33)32-15-5-6-17-34(32)45(35)47/h1-28,51H. The van der Waals surface area contributed by atoms with Crippen LogP contribution < -0.4 is 0 Å². The summed E-state index contributed by atoms with van der Waals surface area (Å²) in [5.41, 5.74) is 4.48. The van der Waals surface area contributed by atoms with E-state index in [0.717, 1.165) is 42.6 Å². The molecule has 9 aromatic carbocycles. The highest BCUT2D eigenvalue weighted by Gasteiger charge is 2.22. The molecule has 5 heteroatoms. The Bertz CT molecular complexity index is 3600. The van der Waals surface area contributed by atoms with Gasteiger partial charge in [0.25, 0.3) is 0 Å². The second-order valence-electron chi connectivity index (χ2n) is 14.2. The van der Waals surface area contributed by atoms with Crippen molar-refractivity contribution in [1.82, 2.24) is 4.57 Å². The normalized spacial score (nSPS) is 12.4. The molecule has 0 saturated heterocycles. The van der Waals surface area contributed by atoms with Crippen LogP contribution in [0.15, 0.2) is 169 Å². The van der Waals surface area contributed by atoms with Gasteiger partial charge in [-0.25, -0.2) is 4.99 Å². The minimum Gasteiger partial charge on any atom is -0.300 e. The van der Waals surface area contributed by atoms with Crippen LogP contribution in [0.5, 0.6) is 0 Å². The van der Waals surface area contributed by atoms with E-state index < -0.39 is 0 Å². The van der Waals surface area contributed by atoms with Crippen molar-refractivity contribution in [2.45, 2.75) is 0 Å². The van der Waals surface area contributed by atoms with Gasteiger partial charge in [0.2, 0.25) is 0 Å². The number of benzene rings is 9. The first kappa shape index (κ1) is 30.8. The molecule has 0 saturated carbocycles. The highest BCUT2D eigenvalue weighted by Crippen LogP contribution is 2.45. The van der Waals surface area contributed by atoms with Gasteiger partial charge in [0, 0.05) is 52.0 Å². The number of hydrogen-bond donors (Lipinski definition) is 1. The molecule has 3 aromatic heterocycles. The first-order valence-corrected chi connectivity index (χ1v) is 20.1. The molecule has 0 aliphatic heterocycles. The fraction of sp³-hybridized carbons (Fsp3) is 0. The SMILES string of the molecule is N=C(c1sc2ccccc2c1N=Cn1c2ccc3ccccc3c2c2c3c4ccccc4c4ccccc4c3ccc21)c1cccc2sc3ccccc3c12. The van der Waals surface area contributed by atoms with Gasteiger partial charge in [-0.05, 0) is 68.0 Å². The molecule has 0 amide bonds. The lowest BCUT2D eigenvalue weighted by molar-refractivity contribution is 1.31. The summed E-state index contributed by atoms with van der Waals surface area (Å²) in [5.74, 6) is 0. The quantitative estimate of drug-likeness (QED) is 0.106. The van der Waals surface area contributed by atoms with Crippen LogP contribution in [-0.2, 0) is 0 Å². The van der Waals surface area contributed by atoms with Gasteiger partial charge in [0.15, 0.2) is 0 Å². The molecular formula is C50H29N3S2. The Kier molecular flexibility index (Phi) is 6.53. The van der Waals surface area contributed by atoms with Crippen molar-refractivity contribution in [3.05, 3.63) is 174 Å². The van der Waals surface area contributed by atoms with Crippen LogP contribution >= 0.6 is 22.7 Å². The van der Waals surface area contributed by atoms with Gasteiger partial charge in [-0.2, -0.15) is 0 Å². The van der Waals surface area contributed by atoms with Crippen molar-refractivity contribution in [3.63, 3.8) is 0 Å². The molecular weight excluding hydrogens is 707 g/mol. The van der Waals surface area contributed by atoms with Gasteiger partial charge in [-0.1, -0.05) is 133 Å². The summed E-state index contributed by atoms with van der Waals surface area (Å²) in [6.07, 6.45) is 2.00. The molecule has 3 nitrogen and oxygen atoms in total. The summed E-state index contributed by atoms with van der Waals surface area (Å²) >= 11 is 3.43. The number of fused-ring (bicyclic) bond motifs is 16. The molecule has 0 bridgehead atoms. The third kappa shape index (κ3) is 4.36. The highest BCUT2D eigenvalue weighted by molar-refractivity contribution is 7.26. The lowest BCUT2D eigenvalue weighted by atomic mass is 9.91. The molecule has 12 aromatic rings. The Morgan fingerprint density at radius 1 is 0.436 bits per heavy atom. The number of nitrogens with zero attached hydrogens (tertiary/aromatic N) is 2. The monoisotopic (exact) mass is 735 g/mol. The molecule has 0 aliphatic rings. The zero-order valence-corrected chi connectivity index (χ0v) is 31.0. The van der Waals surface area contributed by atoms with Gasteiger partial charge in [0.1, 0.15) is 6.34 Å². The van der Waals surface area contributed by atoms with Crippen LogP contribution in [0.1, 0.15) is 10.4 Å². The van der Waals surface area contributed by atoms with Gasteiger partial charge >= 0.3 is 0 Å². The van der Waals surface area contributed by atoms with Gasteiger partial charge in [0.05, 0.1) is 27.3 Å². The van der Waals surface area contributed by atoms with Gasteiger partial charge < -0.3 is 0 Å². The van der Waals surface area contributed by atoms with Crippen LogP contribution in [0.3, 0.4) is 0 Å². The number of nitrogens with one attached hydrogen (secondary N) is 1. The Balaban J connectivity index is 1.15. The smallest absolute Gasteiger partial charge is 0.100 e. The number of rotatable bonds is 4. The number of aromatic nitrogens is 1. The van der Waals surface area contributed by atoms with E-state index in [1.807, 2.05) is 6.34 Å². The van der Waals surface area contributed by atoms with E-state index >= 15 is 0 Å². The van der Waals surface area contributed by atoms with E-state index in [9.17, 15) is 5.41 Å². The average molecular weight is 736 g/mol. The highest BCUT2D eigenvalue weighted by atomic mass is 32.1. The molecule has 1 N–H and O–H groups in total. The van der Waals surface area contributed by atoms with Crippen molar-refractivity contribution in [2.75, 3.05) is 0 Å². The van der Waals surface area contributed by atoms with Crippen LogP contribution in [0, 0.1) is 5.41 Å². The van der Waals surface area contributed by atoms with E-state index in [2.05, 4.69) is 168 Å². The van der Waals surface area contributed by atoms with E-state index in [1.54, 1.807) is 22.7 Å². The second-order valence-corrected chi connectivity index (χ2v) is 16.3. The lowest BCUT2D eigenvalue weighted by Gasteiger charge is -2.12. The number of aliphatic imine (C=N–C) groups is 1. The van der Waals surface area contributed by atoms with E-state index in [-0.39, 0.29) is 0 Å². The van der Waals surface area contributed by atoms with Gasteiger partial charge in [-0.15, -0.1) is 22.7 Å². The zero-order chi connectivity index (χ0) is 36.2. The predicted octanol–water partition coefficient (Wildman–Crippen LogP) is 14.6. The summed E-state index contributed by atoms with van der Waals surface area (Å²) in [6, 6.07) is 58.7. The Hall–Kier alpha value is -6.66. The maximum Gasteiger partial charge on any atom is 0.100 e. The third-order valence-electron chi connectivity index (χ3n) is 11.3. The fourth-order valence-corrected chi connectivity index (χ4v) is 11.2. The van der Waals surface area contributed by atoms with Crippen molar-refractivity contribution < 1.29 is 0 Å². The molecule has 0 radical (unpaired) electrons. The van der Waals surface area contributed by atoms with E-state index in [0.29, 0.717) is 5.71 Å². The van der Waals surface area contributed by atoms with Crippen molar-refractivity contribution in [1.29, 1.82) is 5.41 Å². The first-order valence-electron chi connectivity index (χ1n) is 18.5. The molecule has 12 rings (SSSR count). The zero-order valence-electron chi connectivity index (χ0n) is 29.4. The molecule has 55 heavy (non-hydrogen) atoms. The predicted molar refractivity (Wildman–Crippen MR) is 240 cm³/mol. The average Bonchev–Trinajstić information content (AvgIpc) is 3.92. The lowest BCUT2D eigenvalue weighted by Crippen LogP contribution is -2.00. The summed E-state index contributed by atoms with van der Waals surface area (Å²) in [5, 5.41) is 25.6. The maximum atomic E-state index is 9.81. The Morgan fingerprint density at radius 3 is 1.78 bits per heavy atom. The molecule has 0 unspecified atom stereocenters. The fourth-order valence-electron chi connectivity index (χ4n) is 8.97. The second kappa shape index (κ2) is 11.7. The van der Waals surface area contributed by atoms with Crippen LogP contribution in [-0.4, -0.2) is 16.6 Å². The summed E-state index contributed by atoms with van der Waals surface area (Å²) in [7, 11) is 0. The van der Waals surface area contributed by atoms with Crippen LogP contribution in [0.4, 0.5) is 5.69 Å². The molecule has 256 valence electrons. The summed E-state index contributed by atoms with van der Waals surface area (Å²) in [6.45, 7) is 0. The molecule has 0 spiro atoms. The largest absolute Gasteiger partial charge is 0.300 e. The molecule has 0 atom stereocenters. The summed E-state index contributed by atoms with van der Waals surface area (Å²) in [4.78, 5) is 6.27. The minimum absolute atomic E-state index is 0.500. The summed E-state index contributed by atoms with van der Waals surface area (Å²) < 4.78 is 5.82. The topological polar surface area (TPSA) is 41.1 Å². The molecule has 0 fully saturated rings. The first-order chi connectivity index (χ1) is 27.2. The Morgan fingerprint density at radius 2 is 1.00 bits per heavy atom. The van der Waals surface area contributed by atoms with Crippen LogP contribution in [0.2, 0.25) is 0 Å². The van der Waals surface area contributed by atoms with Gasteiger partial charge in [-0.3, -0.25) is 9.98 Å². The van der Waals surface area contributed by atoms with Crippen LogP contribution in [0.25, 0.3) is 95.2 Å². The van der Waals surface area contributed by atoms with E-state index in [1.165, 1.54) is 68.6 Å². The molecule has 3 heterocycles. The minimum atomic E-state index is 0.500. The van der Waals surface area contributed by atoms with E-state index in [4.69, 9.17) is 4.99 Å². The maximum absolute atomic E-state index is 9.81. The number of hydrogen-bond acceptors (Lipinski definition) is 4.